The molecule has 1 N–H and O–H groups in total. The number of hydrogen-bond donors (Lipinski definition) is 1. The second-order valence-corrected chi connectivity index (χ2v) is 7.30. The van der Waals surface area contributed by atoms with Crippen LogP contribution in [0.2, 0.25) is 5.02 Å². The monoisotopic (exact) mass is 397 g/mol. The SMILES string of the molecule is CCOc1ccc(C(=O)Nc2ccc(Cl)cc2)cc1CSc1ccccc1. The van der Waals surface area contributed by atoms with Crippen molar-refractivity contribution < 1.29 is 9.53 Å². The Bertz CT molecular complexity index is 898. The Morgan fingerprint density at radius 2 is 1.78 bits per heavy atom. The highest BCUT2D eigenvalue weighted by molar-refractivity contribution is 7.98. The maximum atomic E-state index is 12.6. The Morgan fingerprint density at radius 3 is 2.48 bits per heavy atom. The van der Waals surface area contributed by atoms with Crippen LogP contribution in [0.15, 0.2) is 77.7 Å². The van der Waals surface area contributed by atoms with E-state index in [0.29, 0.717) is 22.9 Å². The average Bonchev–Trinajstić information content (AvgIpc) is 2.70. The van der Waals surface area contributed by atoms with E-state index in [1.165, 1.54) is 4.90 Å². The highest BCUT2D eigenvalue weighted by Gasteiger charge is 2.11. The number of thioether (sulfide) groups is 1. The molecular weight excluding hydrogens is 378 g/mol. The minimum Gasteiger partial charge on any atom is -0.494 e. The van der Waals surface area contributed by atoms with Gasteiger partial charge in [0.2, 0.25) is 0 Å². The molecule has 0 atom stereocenters. The van der Waals surface area contributed by atoms with Crippen molar-refractivity contribution in [2.45, 2.75) is 17.6 Å². The number of nitrogens with one attached hydrogen (secondary N) is 1. The highest BCUT2D eigenvalue weighted by atomic mass is 35.5. The van der Waals surface area contributed by atoms with E-state index < -0.39 is 0 Å². The molecule has 0 unspecified atom stereocenters. The van der Waals surface area contributed by atoms with E-state index in [0.717, 1.165) is 17.1 Å². The van der Waals surface area contributed by atoms with E-state index in [9.17, 15) is 4.79 Å². The molecule has 0 spiro atoms. The first-order valence-electron chi connectivity index (χ1n) is 8.66. The van der Waals surface area contributed by atoms with Crippen molar-refractivity contribution >= 4 is 35.0 Å². The zero-order valence-corrected chi connectivity index (χ0v) is 16.5. The van der Waals surface area contributed by atoms with Crippen molar-refractivity contribution in [3.05, 3.63) is 88.9 Å². The second-order valence-electron chi connectivity index (χ2n) is 5.82. The number of carbonyl (C=O) groups excluding carboxylic acids is 1. The van der Waals surface area contributed by atoms with Crippen molar-refractivity contribution in [2.75, 3.05) is 11.9 Å². The van der Waals surface area contributed by atoms with Crippen LogP contribution in [0.25, 0.3) is 0 Å². The summed E-state index contributed by atoms with van der Waals surface area (Å²) in [5.41, 5.74) is 2.30. The van der Waals surface area contributed by atoms with Crippen molar-refractivity contribution in [1.29, 1.82) is 0 Å². The van der Waals surface area contributed by atoms with E-state index in [-0.39, 0.29) is 5.91 Å². The van der Waals surface area contributed by atoms with Crippen LogP contribution < -0.4 is 10.1 Å². The van der Waals surface area contributed by atoms with E-state index in [1.54, 1.807) is 42.1 Å². The van der Waals surface area contributed by atoms with Gasteiger partial charge in [-0.1, -0.05) is 29.8 Å². The van der Waals surface area contributed by atoms with Gasteiger partial charge in [-0.3, -0.25) is 4.79 Å². The molecule has 0 saturated heterocycles. The molecule has 0 heterocycles. The largest absolute Gasteiger partial charge is 0.494 e. The van der Waals surface area contributed by atoms with Gasteiger partial charge in [-0.05, 0) is 61.5 Å². The third-order valence-electron chi connectivity index (χ3n) is 3.86. The highest BCUT2D eigenvalue weighted by Crippen LogP contribution is 2.29. The lowest BCUT2D eigenvalue weighted by Crippen LogP contribution is -2.12. The summed E-state index contributed by atoms with van der Waals surface area (Å²) in [4.78, 5) is 13.8. The maximum Gasteiger partial charge on any atom is 0.255 e. The molecule has 3 aromatic carbocycles. The minimum atomic E-state index is -0.161. The molecule has 5 heteroatoms. The van der Waals surface area contributed by atoms with Crippen LogP contribution in [0.5, 0.6) is 5.75 Å². The maximum absolute atomic E-state index is 12.6. The lowest BCUT2D eigenvalue weighted by molar-refractivity contribution is 0.102. The van der Waals surface area contributed by atoms with E-state index in [4.69, 9.17) is 16.3 Å². The number of hydrogen-bond acceptors (Lipinski definition) is 3. The Hall–Kier alpha value is -2.43. The van der Waals surface area contributed by atoms with Crippen molar-refractivity contribution in [2.24, 2.45) is 0 Å². The first-order valence-corrected chi connectivity index (χ1v) is 10.0. The van der Waals surface area contributed by atoms with Crippen molar-refractivity contribution in [3.63, 3.8) is 0 Å². The standard InChI is InChI=1S/C22H20ClNO2S/c1-2-26-21-13-8-16(22(25)24-19-11-9-18(23)10-12-19)14-17(21)15-27-20-6-4-3-5-7-20/h3-14H,2,15H2,1H3,(H,24,25). The fourth-order valence-corrected chi connectivity index (χ4v) is 3.57. The number of anilines is 1. The Kier molecular flexibility index (Phi) is 6.80. The van der Waals surface area contributed by atoms with Crippen LogP contribution in [0.3, 0.4) is 0 Å². The van der Waals surface area contributed by atoms with Crippen LogP contribution in [-0.4, -0.2) is 12.5 Å². The molecule has 27 heavy (non-hydrogen) atoms. The molecule has 0 fully saturated rings. The quantitative estimate of drug-likeness (QED) is 0.476. The molecule has 0 aliphatic rings. The van der Waals surface area contributed by atoms with Gasteiger partial charge in [-0.25, -0.2) is 0 Å². The van der Waals surface area contributed by atoms with E-state index in [2.05, 4.69) is 17.4 Å². The van der Waals surface area contributed by atoms with Crippen LogP contribution in [0.1, 0.15) is 22.8 Å². The predicted molar refractivity (Wildman–Crippen MR) is 113 cm³/mol. The molecular formula is C22H20ClNO2S. The minimum absolute atomic E-state index is 0.161. The number of halogens is 1. The zero-order valence-electron chi connectivity index (χ0n) is 14.9. The fraction of sp³-hybridized carbons (Fsp3) is 0.136. The van der Waals surface area contributed by atoms with Crippen LogP contribution in [0.4, 0.5) is 5.69 Å². The molecule has 0 bridgehead atoms. The number of carbonyl (C=O) groups is 1. The molecule has 0 saturated carbocycles. The summed E-state index contributed by atoms with van der Waals surface area (Å²) in [5.74, 6) is 1.37. The summed E-state index contributed by atoms with van der Waals surface area (Å²) in [6, 6.07) is 22.8. The summed E-state index contributed by atoms with van der Waals surface area (Å²) >= 11 is 7.60. The number of amides is 1. The third-order valence-corrected chi connectivity index (χ3v) is 5.17. The molecule has 0 aromatic heterocycles. The van der Waals surface area contributed by atoms with Crippen LogP contribution >= 0.6 is 23.4 Å². The Morgan fingerprint density at radius 1 is 1.04 bits per heavy atom. The Labute approximate surface area is 168 Å². The summed E-state index contributed by atoms with van der Waals surface area (Å²) in [6.07, 6.45) is 0. The molecule has 138 valence electrons. The van der Waals surface area contributed by atoms with Gasteiger partial charge in [0.05, 0.1) is 6.61 Å². The smallest absolute Gasteiger partial charge is 0.255 e. The molecule has 0 aliphatic heterocycles. The molecule has 1 amide bonds. The van der Waals surface area contributed by atoms with Gasteiger partial charge in [0.25, 0.3) is 5.91 Å². The molecule has 3 nitrogen and oxygen atoms in total. The molecule has 3 rings (SSSR count). The van der Waals surface area contributed by atoms with Crippen LogP contribution in [0, 0.1) is 0 Å². The van der Waals surface area contributed by atoms with Crippen molar-refractivity contribution in [1.82, 2.24) is 0 Å². The van der Waals surface area contributed by atoms with Crippen LogP contribution in [-0.2, 0) is 5.75 Å². The third kappa shape index (κ3) is 5.52. The lowest BCUT2D eigenvalue weighted by Gasteiger charge is -2.12. The van der Waals surface area contributed by atoms with Gasteiger partial charge in [-0.2, -0.15) is 0 Å². The second kappa shape index (κ2) is 9.49. The van der Waals surface area contributed by atoms with Crippen molar-refractivity contribution in [3.8, 4) is 5.75 Å². The summed E-state index contributed by atoms with van der Waals surface area (Å²) in [5, 5.41) is 3.53. The topological polar surface area (TPSA) is 38.3 Å². The average molecular weight is 398 g/mol. The van der Waals surface area contributed by atoms with Gasteiger partial charge >= 0.3 is 0 Å². The van der Waals surface area contributed by atoms with Gasteiger partial charge < -0.3 is 10.1 Å². The van der Waals surface area contributed by atoms with E-state index >= 15 is 0 Å². The fourth-order valence-electron chi connectivity index (χ4n) is 2.54. The first-order chi connectivity index (χ1) is 13.2. The molecule has 0 aliphatic carbocycles. The summed E-state index contributed by atoms with van der Waals surface area (Å²) in [6.45, 7) is 2.54. The van der Waals surface area contributed by atoms with Gasteiger partial charge in [-0.15, -0.1) is 11.8 Å². The normalized spacial score (nSPS) is 10.4. The van der Waals surface area contributed by atoms with Gasteiger partial charge in [0, 0.05) is 32.5 Å². The molecule has 3 aromatic rings. The van der Waals surface area contributed by atoms with Gasteiger partial charge in [0.1, 0.15) is 5.75 Å². The summed E-state index contributed by atoms with van der Waals surface area (Å²) in [7, 11) is 0. The summed E-state index contributed by atoms with van der Waals surface area (Å²) < 4.78 is 5.73. The number of ether oxygens (including phenoxy) is 1. The Balaban J connectivity index is 1.77. The van der Waals surface area contributed by atoms with Gasteiger partial charge in [0.15, 0.2) is 0 Å². The number of rotatable bonds is 7. The van der Waals surface area contributed by atoms with E-state index in [1.807, 2.05) is 37.3 Å². The zero-order chi connectivity index (χ0) is 19.1. The number of benzene rings is 3. The lowest BCUT2D eigenvalue weighted by atomic mass is 10.1. The molecule has 0 radical (unpaired) electrons. The first kappa shape index (κ1) is 19.3. The predicted octanol–water partition coefficient (Wildman–Crippen LogP) is 6.28.